The lowest BCUT2D eigenvalue weighted by Gasteiger charge is -2.21. The van der Waals surface area contributed by atoms with Crippen LogP contribution in [-0.4, -0.2) is 15.9 Å². The summed E-state index contributed by atoms with van der Waals surface area (Å²) in [6.07, 6.45) is 22.2. The largest absolute Gasteiger partial charge is 0.725 e. The highest BCUT2D eigenvalue weighted by molar-refractivity contribution is 6.61. The standard InChI is InChI=1S/C16H16O4Si/c1-6-18-21(19-7-2,20-8-3)13-12-15-10-9-11-16(17-5)14(15)4/h1-3,9-11H,12-13H2,4-5H3. The van der Waals surface area contributed by atoms with E-state index in [4.69, 9.17) is 37.3 Å². The summed E-state index contributed by atoms with van der Waals surface area (Å²) in [6, 6.07) is 6.12. The van der Waals surface area contributed by atoms with Crippen molar-refractivity contribution in [1.82, 2.24) is 0 Å². The second-order valence-electron chi connectivity index (χ2n) is 4.09. The Balaban J connectivity index is 2.94. The van der Waals surface area contributed by atoms with Crippen LogP contribution < -0.4 is 4.74 Å². The number of methoxy groups -OCH3 is 1. The number of benzene rings is 1. The van der Waals surface area contributed by atoms with Gasteiger partial charge in [-0.05, 0) is 30.5 Å². The Kier molecular flexibility index (Phi) is 6.08. The fourth-order valence-corrected chi connectivity index (χ4v) is 3.47. The number of terminal acetylenes is 3. The summed E-state index contributed by atoms with van der Waals surface area (Å²) in [6.45, 7) is 1.96. The van der Waals surface area contributed by atoms with Gasteiger partial charge in [0.15, 0.2) is 0 Å². The molecule has 0 atom stereocenters. The Morgan fingerprint density at radius 1 is 1.05 bits per heavy atom. The van der Waals surface area contributed by atoms with Gasteiger partial charge in [0.2, 0.25) is 0 Å². The van der Waals surface area contributed by atoms with Crippen LogP contribution in [0.3, 0.4) is 0 Å². The van der Waals surface area contributed by atoms with E-state index in [2.05, 4.69) is 0 Å². The van der Waals surface area contributed by atoms with Crippen molar-refractivity contribution in [3.8, 4) is 43.3 Å². The lowest BCUT2D eigenvalue weighted by Crippen LogP contribution is -2.42. The summed E-state index contributed by atoms with van der Waals surface area (Å²) in [5.41, 5.74) is 2.07. The van der Waals surface area contributed by atoms with Crippen LogP contribution >= 0.6 is 0 Å². The summed E-state index contributed by atoms with van der Waals surface area (Å²) < 4.78 is 20.7. The molecule has 1 aromatic rings. The molecule has 0 saturated carbocycles. The maximum atomic E-state index is 5.28. The molecule has 0 aliphatic heterocycles. The minimum atomic E-state index is -3.28. The lowest BCUT2D eigenvalue weighted by molar-refractivity contribution is 0.212. The number of hydrogen-bond donors (Lipinski definition) is 0. The summed E-state index contributed by atoms with van der Waals surface area (Å²) in [5, 5.41) is 0. The maximum absolute atomic E-state index is 5.28. The summed E-state index contributed by atoms with van der Waals surface area (Å²) >= 11 is 0. The smallest absolute Gasteiger partial charge is 0.496 e. The van der Waals surface area contributed by atoms with Gasteiger partial charge >= 0.3 is 8.80 Å². The Morgan fingerprint density at radius 3 is 2.10 bits per heavy atom. The van der Waals surface area contributed by atoms with Crippen molar-refractivity contribution in [2.75, 3.05) is 7.11 Å². The van der Waals surface area contributed by atoms with Crippen LogP contribution in [0.1, 0.15) is 11.1 Å². The van der Waals surface area contributed by atoms with Crippen molar-refractivity contribution in [2.45, 2.75) is 19.4 Å². The van der Waals surface area contributed by atoms with Gasteiger partial charge in [-0.3, -0.25) is 0 Å². The minimum absolute atomic E-state index is 0.361. The predicted octanol–water partition coefficient (Wildman–Crippen LogP) is 2.31. The highest BCUT2D eigenvalue weighted by Crippen LogP contribution is 2.25. The average molecular weight is 300 g/mol. The number of hydrogen-bond acceptors (Lipinski definition) is 4. The molecule has 0 aliphatic rings. The zero-order valence-electron chi connectivity index (χ0n) is 12.0. The van der Waals surface area contributed by atoms with Gasteiger partial charge in [-0.25, -0.2) is 0 Å². The molecule has 4 nitrogen and oxygen atoms in total. The molecular formula is C16H16O4Si. The molecular weight excluding hydrogens is 284 g/mol. The third-order valence-electron chi connectivity index (χ3n) is 2.96. The molecule has 0 bridgehead atoms. The SMILES string of the molecule is C#CO[Si](CCc1cccc(OC)c1C)(OC#C)OC#C. The van der Waals surface area contributed by atoms with Gasteiger partial charge in [0.05, 0.1) is 31.5 Å². The van der Waals surface area contributed by atoms with E-state index in [9.17, 15) is 0 Å². The zero-order chi connectivity index (χ0) is 15.7. The van der Waals surface area contributed by atoms with Crippen LogP contribution in [0.2, 0.25) is 6.04 Å². The highest BCUT2D eigenvalue weighted by atomic mass is 28.4. The van der Waals surface area contributed by atoms with Gasteiger partial charge in [0.25, 0.3) is 0 Å². The monoisotopic (exact) mass is 300 g/mol. The number of rotatable bonds is 7. The average Bonchev–Trinajstić information content (AvgIpc) is 2.47. The molecule has 0 N–H and O–H groups in total. The fourth-order valence-electron chi connectivity index (χ4n) is 1.92. The summed E-state index contributed by atoms with van der Waals surface area (Å²) in [5.74, 6) is 0.799. The quantitative estimate of drug-likeness (QED) is 0.572. The first kappa shape index (κ1) is 16.4. The van der Waals surface area contributed by atoms with Crippen LogP contribution in [0.15, 0.2) is 18.2 Å². The zero-order valence-corrected chi connectivity index (χ0v) is 13.0. The normalized spacial score (nSPS) is 9.67. The fraction of sp³-hybridized carbons (Fsp3) is 0.250. The first-order chi connectivity index (χ1) is 10.1. The van der Waals surface area contributed by atoms with E-state index in [1.165, 1.54) is 0 Å². The Morgan fingerprint density at radius 2 is 1.62 bits per heavy atom. The van der Waals surface area contributed by atoms with Gasteiger partial charge < -0.3 is 18.0 Å². The van der Waals surface area contributed by atoms with Crippen molar-refractivity contribution in [3.05, 3.63) is 29.3 Å². The third kappa shape index (κ3) is 4.14. The molecule has 0 amide bonds. The number of aryl methyl sites for hydroxylation is 1. The van der Waals surface area contributed by atoms with E-state index in [0.717, 1.165) is 16.9 Å². The van der Waals surface area contributed by atoms with Crippen molar-refractivity contribution in [2.24, 2.45) is 0 Å². The molecule has 0 aromatic heterocycles. The molecule has 0 saturated heterocycles. The van der Waals surface area contributed by atoms with E-state index in [0.29, 0.717) is 12.5 Å². The van der Waals surface area contributed by atoms with Gasteiger partial charge in [0, 0.05) is 0 Å². The molecule has 0 heterocycles. The molecule has 0 unspecified atom stereocenters. The van der Waals surface area contributed by atoms with E-state index >= 15 is 0 Å². The van der Waals surface area contributed by atoms with Crippen LogP contribution in [0.4, 0.5) is 0 Å². The van der Waals surface area contributed by atoms with Crippen molar-refractivity contribution in [3.63, 3.8) is 0 Å². The Bertz CT molecular complexity index is 563. The molecule has 21 heavy (non-hydrogen) atoms. The molecule has 0 radical (unpaired) electrons. The van der Waals surface area contributed by atoms with E-state index in [-0.39, 0.29) is 0 Å². The van der Waals surface area contributed by atoms with Gasteiger partial charge in [-0.15, -0.1) is 0 Å². The van der Waals surface area contributed by atoms with Crippen LogP contribution in [0.25, 0.3) is 0 Å². The predicted molar refractivity (Wildman–Crippen MR) is 81.8 cm³/mol. The van der Waals surface area contributed by atoms with E-state index < -0.39 is 8.80 Å². The molecule has 108 valence electrons. The minimum Gasteiger partial charge on any atom is -0.496 e. The van der Waals surface area contributed by atoms with Gasteiger partial charge in [0.1, 0.15) is 5.75 Å². The first-order valence-corrected chi connectivity index (χ1v) is 8.09. The van der Waals surface area contributed by atoms with Crippen LogP contribution in [0, 0.1) is 44.5 Å². The van der Waals surface area contributed by atoms with E-state index in [1.807, 2.05) is 43.4 Å². The second-order valence-corrected chi connectivity index (χ2v) is 6.57. The molecule has 1 aromatic carbocycles. The highest BCUT2D eigenvalue weighted by Gasteiger charge is 2.48. The Hall–Kier alpha value is -2.68. The number of ether oxygens (including phenoxy) is 1. The summed E-state index contributed by atoms with van der Waals surface area (Å²) in [4.78, 5) is 0. The van der Waals surface area contributed by atoms with Gasteiger partial charge in [-0.2, -0.15) is 0 Å². The molecule has 0 aliphatic carbocycles. The van der Waals surface area contributed by atoms with Crippen LogP contribution in [-0.2, 0) is 19.7 Å². The van der Waals surface area contributed by atoms with Crippen molar-refractivity contribution >= 4 is 8.80 Å². The third-order valence-corrected chi connectivity index (χ3v) is 5.11. The lowest BCUT2D eigenvalue weighted by atomic mass is 10.1. The summed E-state index contributed by atoms with van der Waals surface area (Å²) in [7, 11) is -1.66. The second kappa shape index (κ2) is 7.80. The molecule has 0 spiro atoms. The van der Waals surface area contributed by atoms with Crippen molar-refractivity contribution < 1.29 is 18.0 Å². The van der Waals surface area contributed by atoms with Crippen molar-refractivity contribution in [1.29, 1.82) is 0 Å². The molecule has 5 heteroatoms. The maximum Gasteiger partial charge on any atom is 0.725 e. The molecule has 0 fully saturated rings. The topological polar surface area (TPSA) is 36.9 Å². The van der Waals surface area contributed by atoms with Crippen LogP contribution in [0.5, 0.6) is 5.75 Å². The molecule has 1 rings (SSSR count). The van der Waals surface area contributed by atoms with E-state index in [1.54, 1.807) is 7.11 Å². The Labute approximate surface area is 126 Å². The first-order valence-electron chi connectivity index (χ1n) is 6.15. The van der Waals surface area contributed by atoms with Gasteiger partial charge in [-0.1, -0.05) is 31.4 Å².